The van der Waals surface area contributed by atoms with Crippen LogP contribution in [-0.4, -0.2) is 25.7 Å². The minimum atomic E-state index is -0.226. The quantitative estimate of drug-likeness (QED) is 0.844. The molecule has 2 atom stereocenters. The number of rotatable bonds is 6. The predicted molar refractivity (Wildman–Crippen MR) is 75.2 cm³/mol. The fourth-order valence-corrected chi connectivity index (χ4v) is 2.30. The first-order valence-corrected chi connectivity index (χ1v) is 6.64. The van der Waals surface area contributed by atoms with Gasteiger partial charge in [-0.2, -0.15) is 0 Å². The summed E-state index contributed by atoms with van der Waals surface area (Å²) in [5, 5.41) is 2.93. The molecule has 3 N–H and O–H groups in total. The van der Waals surface area contributed by atoms with E-state index in [0.717, 1.165) is 10.0 Å². The van der Waals surface area contributed by atoms with E-state index in [2.05, 4.69) is 21.2 Å². The van der Waals surface area contributed by atoms with Crippen LogP contribution in [0.3, 0.4) is 0 Å². The topological polar surface area (TPSA) is 64.3 Å². The van der Waals surface area contributed by atoms with E-state index in [1.54, 1.807) is 7.11 Å². The first kappa shape index (κ1) is 15.1. The lowest BCUT2D eigenvalue weighted by molar-refractivity contribution is -0.124. The van der Waals surface area contributed by atoms with E-state index < -0.39 is 0 Å². The Morgan fingerprint density at radius 3 is 2.72 bits per heavy atom. The molecule has 100 valence electrons. The first-order chi connectivity index (χ1) is 8.58. The molecular weight excluding hydrogens is 296 g/mol. The van der Waals surface area contributed by atoms with Crippen molar-refractivity contribution in [1.82, 2.24) is 5.32 Å². The van der Waals surface area contributed by atoms with Gasteiger partial charge in [-0.15, -0.1) is 0 Å². The number of hydrogen-bond donors (Lipinski definition) is 2. The maximum absolute atomic E-state index is 11.8. The number of nitrogens with two attached hydrogens (primary N) is 1. The number of carbonyl (C=O) groups is 1. The van der Waals surface area contributed by atoms with Crippen molar-refractivity contribution in [2.45, 2.75) is 25.5 Å². The number of methoxy groups -OCH3 is 1. The van der Waals surface area contributed by atoms with Crippen molar-refractivity contribution in [3.63, 3.8) is 0 Å². The Kier molecular flexibility index (Phi) is 6.32. The van der Waals surface area contributed by atoms with Crippen molar-refractivity contribution in [3.05, 3.63) is 34.3 Å². The second-order valence-electron chi connectivity index (χ2n) is 4.11. The largest absolute Gasteiger partial charge is 0.380 e. The van der Waals surface area contributed by atoms with Gasteiger partial charge in [0.2, 0.25) is 5.91 Å². The zero-order chi connectivity index (χ0) is 13.5. The third-order valence-electron chi connectivity index (χ3n) is 2.76. The lowest BCUT2D eigenvalue weighted by Gasteiger charge is -2.18. The highest BCUT2D eigenvalue weighted by molar-refractivity contribution is 9.10. The smallest absolute Gasteiger partial charge is 0.223 e. The van der Waals surface area contributed by atoms with Crippen LogP contribution in [0.15, 0.2) is 28.7 Å². The van der Waals surface area contributed by atoms with Crippen LogP contribution in [0.4, 0.5) is 0 Å². The van der Waals surface area contributed by atoms with Gasteiger partial charge in [0.05, 0.1) is 18.6 Å². The van der Waals surface area contributed by atoms with Gasteiger partial charge in [-0.25, -0.2) is 0 Å². The highest BCUT2D eigenvalue weighted by atomic mass is 79.9. The molecule has 1 amide bonds. The van der Waals surface area contributed by atoms with Gasteiger partial charge in [-0.05, 0) is 18.6 Å². The van der Waals surface area contributed by atoms with E-state index in [0.29, 0.717) is 6.54 Å². The van der Waals surface area contributed by atoms with Gasteiger partial charge < -0.3 is 15.8 Å². The van der Waals surface area contributed by atoms with Crippen LogP contribution in [0.2, 0.25) is 0 Å². The summed E-state index contributed by atoms with van der Waals surface area (Å²) in [6, 6.07) is 7.77. The second kappa shape index (κ2) is 7.51. The minimum Gasteiger partial charge on any atom is -0.380 e. The van der Waals surface area contributed by atoms with Crippen molar-refractivity contribution in [2.75, 3.05) is 13.7 Å². The Labute approximate surface area is 116 Å². The molecule has 0 spiro atoms. The zero-order valence-corrected chi connectivity index (χ0v) is 12.2. The normalized spacial score (nSPS) is 14.0. The fourth-order valence-electron chi connectivity index (χ4n) is 1.67. The predicted octanol–water partition coefficient (Wildman–Crippen LogP) is 1.99. The molecule has 0 aliphatic heterocycles. The van der Waals surface area contributed by atoms with Crippen LogP contribution in [0.1, 0.15) is 24.9 Å². The van der Waals surface area contributed by atoms with Crippen LogP contribution in [-0.2, 0) is 9.53 Å². The first-order valence-electron chi connectivity index (χ1n) is 5.85. The molecule has 0 fully saturated rings. The third-order valence-corrected chi connectivity index (χ3v) is 3.48. The summed E-state index contributed by atoms with van der Waals surface area (Å²) in [6.07, 6.45) is 0.0540. The van der Waals surface area contributed by atoms with E-state index in [4.69, 9.17) is 10.5 Å². The molecule has 1 aromatic carbocycles. The van der Waals surface area contributed by atoms with Gasteiger partial charge >= 0.3 is 0 Å². The molecule has 0 aromatic heterocycles. The molecule has 0 aliphatic rings. The summed E-state index contributed by atoms with van der Waals surface area (Å²) in [5.41, 5.74) is 6.53. The maximum atomic E-state index is 11.8. The highest BCUT2D eigenvalue weighted by Gasteiger charge is 2.15. The molecule has 0 saturated heterocycles. The van der Waals surface area contributed by atoms with E-state index in [9.17, 15) is 4.79 Å². The molecule has 0 radical (unpaired) electrons. The van der Waals surface area contributed by atoms with Gasteiger partial charge in [0.1, 0.15) is 0 Å². The molecule has 0 bridgehead atoms. The molecule has 18 heavy (non-hydrogen) atoms. The van der Waals surface area contributed by atoms with Crippen molar-refractivity contribution in [2.24, 2.45) is 5.73 Å². The molecule has 4 nitrogen and oxygen atoms in total. The Balaban J connectivity index is 2.57. The number of carbonyl (C=O) groups excluding carboxylic acids is 1. The van der Waals surface area contributed by atoms with Gasteiger partial charge in [0.25, 0.3) is 0 Å². The third kappa shape index (κ3) is 4.40. The molecule has 1 aromatic rings. The second-order valence-corrected chi connectivity index (χ2v) is 4.96. The minimum absolute atomic E-state index is 0.0524. The monoisotopic (exact) mass is 314 g/mol. The van der Waals surface area contributed by atoms with Crippen LogP contribution < -0.4 is 11.1 Å². The Morgan fingerprint density at radius 2 is 2.17 bits per heavy atom. The molecular formula is C13H19BrN2O2. The number of amides is 1. The van der Waals surface area contributed by atoms with Crippen LogP contribution in [0.5, 0.6) is 0 Å². The molecule has 0 saturated carbocycles. The lowest BCUT2D eigenvalue weighted by Crippen LogP contribution is -2.33. The van der Waals surface area contributed by atoms with E-state index in [-0.39, 0.29) is 24.5 Å². The Hall–Kier alpha value is -0.910. The van der Waals surface area contributed by atoms with Crippen LogP contribution in [0.25, 0.3) is 0 Å². The van der Waals surface area contributed by atoms with Gasteiger partial charge in [-0.3, -0.25) is 4.79 Å². The molecule has 5 heteroatoms. The van der Waals surface area contributed by atoms with E-state index >= 15 is 0 Å². The van der Waals surface area contributed by atoms with Gasteiger partial charge in [0.15, 0.2) is 0 Å². The van der Waals surface area contributed by atoms with Crippen LogP contribution >= 0.6 is 15.9 Å². The molecule has 1 rings (SSSR count). The number of halogens is 1. The molecule has 0 heterocycles. The SMILES string of the molecule is COC(CN)CC(=O)N[C@H](C)c1ccccc1Br. The highest BCUT2D eigenvalue weighted by Crippen LogP contribution is 2.22. The average molecular weight is 315 g/mol. The number of nitrogens with one attached hydrogen (secondary N) is 1. The zero-order valence-electron chi connectivity index (χ0n) is 10.7. The van der Waals surface area contributed by atoms with Gasteiger partial charge in [-0.1, -0.05) is 34.1 Å². The number of hydrogen-bond acceptors (Lipinski definition) is 3. The average Bonchev–Trinajstić information content (AvgIpc) is 2.36. The summed E-state index contributed by atoms with van der Waals surface area (Å²) in [6.45, 7) is 2.29. The summed E-state index contributed by atoms with van der Waals surface area (Å²) >= 11 is 3.47. The summed E-state index contributed by atoms with van der Waals surface area (Å²) in [4.78, 5) is 11.8. The number of ether oxygens (including phenoxy) is 1. The Bertz CT molecular complexity index is 394. The standard InChI is InChI=1S/C13H19BrN2O2/c1-9(11-5-3-4-6-12(11)14)16-13(17)7-10(8-15)18-2/h3-6,9-10H,7-8,15H2,1-2H3,(H,16,17)/t9-,10?/m1/s1. The summed E-state index contributed by atoms with van der Waals surface area (Å²) in [5.74, 6) is -0.0597. The summed E-state index contributed by atoms with van der Waals surface area (Å²) in [7, 11) is 1.56. The van der Waals surface area contributed by atoms with Crippen molar-refractivity contribution >= 4 is 21.8 Å². The van der Waals surface area contributed by atoms with Crippen molar-refractivity contribution < 1.29 is 9.53 Å². The fraction of sp³-hybridized carbons (Fsp3) is 0.462. The molecule has 1 unspecified atom stereocenters. The van der Waals surface area contributed by atoms with E-state index in [1.165, 1.54) is 0 Å². The van der Waals surface area contributed by atoms with Crippen molar-refractivity contribution in [1.29, 1.82) is 0 Å². The lowest BCUT2D eigenvalue weighted by atomic mass is 10.1. The number of benzene rings is 1. The Morgan fingerprint density at radius 1 is 1.50 bits per heavy atom. The van der Waals surface area contributed by atoms with Gasteiger partial charge in [0, 0.05) is 18.1 Å². The van der Waals surface area contributed by atoms with E-state index in [1.807, 2.05) is 31.2 Å². The summed E-state index contributed by atoms with van der Waals surface area (Å²) < 4.78 is 6.07. The van der Waals surface area contributed by atoms with Crippen molar-refractivity contribution in [3.8, 4) is 0 Å². The molecule has 0 aliphatic carbocycles. The van der Waals surface area contributed by atoms with Crippen LogP contribution in [0, 0.1) is 0 Å². The maximum Gasteiger partial charge on any atom is 0.223 e.